The predicted octanol–water partition coefficient (Wildman–Crippen LogP) is 3.13. The first kappa shape index (κ1) is 15.0. The standard InChI is InChI=1S/C15H16F2N2S/c16-12-5-7-14(8-6-12)20-10-13(19-18)9-11-3-1-2-4-15(11)17/h1-8,13,19H,9-10,18H2. The average molecular weight is 294 g/mol. The molecule has 2 rings (SSSR count). The fourth-order valence-electron chi connectivity index (χ4n) is 1.82. The average Bonchev–Trinajstić information content (AvgIpc) is 2.47. The Labute approximate surface area is 121 Å². The molecule has 1 unspecified atom stereocenters. The number of benzene rings is 2. The van der Waals surface area contributed by atoms with Crippen LogP contribution in [0.15, 0.2) is 53.4 Å². The Morgan fingerprint density at radius 3 is 2.40 bits per heavy atom. The van der Waals surface area contributed by atoms with Crippen molar-refractivity contribution in [2.75, 3.05) is 5.75 Å². The van der Waals surface area contributed by atoms with E-state index in [1.807, 2.05) is 0 Å². The molecule has 20 heavy (non-hydrogen) atoms. The van der Waals surface area contributed by atoms with Gasteiger partial charge in [0.25, 0.3) is 0 Å². The van der Waals surface area contributed by atoms with Crippen molar-refractivity contribution in [3.8, 4) is 0 Å². The monoisotopic (exact) mass is 294 g/mol. The molecule has 5 heteroatoms. The number of thioether (sulfide) groups is 1. The second-order valence-electron chi connectivity index (χ2n) is 4.42. The molecule has 106 valence electrons. The van der Waals surface area contributed by atoms with Gasteiger partial charge in [0.2, 0.25) is 0 Å². The SMILES string of the molecule is NNC(CSc1ccc(F)cc1)Cc1ccccc1F. The Morgan fingerprint density at radius 2 is 1.75 bits per heavy atom. The molecule has 0 spiro atoms. The predicted molar refractivity (Wildman–Crippen MR) is 78.3 cm³/mol. The smallest absolute Gasteiger partial charge is 0.126 e. The van der Waals surface area contributed by atoms with E-state index in [0.29, 0.717) is 17.7 Å². The lowest BCUT2D eigenvalue weighted by molar-refractivity contribution is 0.546. The third kappa shape index (κ3) is 4.30. The lowest BCUT2D eigenvalue weighted by Gasteiger charge is -2.16. The van der Waals surface area contributed by atoms with Gasteiger partial charge in [-0.2, -0.15) is 0 Å². The molecule has 0 amide bonds. The van der Waals surface area contributed by atoms with Crippen LogP contribution >= 0.6 is 11.8 Å². The number of hydrogen-bond donors (Lipinski definition) is 2. The molecule has 1 atom stereocenters. The summed E-state index contributed by atoms with van der Waals surface area (Å²) in [6, 6.07) is 12.9. The maximum Gasteiger partial charge on any atom is 0.126 e. The van der Waals surface area contributed by atoms with E-state index in [0.717, 1.165) is 4.90 Å². The first-order chi connectivity index (χ1) is 9.69. The van der Waals surface area contributed by atoms with Gasteiger partial charge in [0, 0.05) is 16.7 Å². The topological polar surface area (TPSA) is 38.0 Å². The molecule has 0 saturated heterocycles. The zero-order chi connectivity index (χ0) is 14.4. The van der Waals surface area contributed by atoms with Gasteiger partial charge >= 0.3 is 0 Å². The van der Waals surface area contributed by atoms with E-state index in [2.05, 4.69) is 5.43 Å². The van der Waals surface area contributed by atoms with Crippen molar-refractivity contribution in [3.63, 3.8) is 0 Å². The highest BCUT2D eigenvalue weighted by Crippen LogP contribution is 2.20. The summed E-state index contributed by atoms with van der Waals surface area (Å²) in [5.41, 5.74) is 3.33. The van der Waals surface area contributed by atoms with Crippen LogP contribution in [-0.4, -0.2) is 11.8 Å². The quantitative estimate of drug-likeness (QED) is 0.488. The second kappa shape index (κ2) is 7.38. The Hall–Kier alpha value is -1.43. The van der Waals surface area contributed by atoms with Crippen LogP contribution in [0.5, 0.6) is 0 Å². The molecule has 0 heterocycles. The zero-order valence-electron chi connectivity index (χ0n) is 10.9. The van der Waals surface area contributed by atoms with Crippen molar-refractivity contribution in [2.45, 2.75) is 17.4 Å². The molecule has 3 N–H and O–H groups in total. The van der Waals surface area contributed by atoms with Crippen LogP contribution in [0, 0.1) is 11.6 Å². The number of nitrogens with one attached hydrogen (secondary N) is 1. The maximum absolute atomic E-state index is 13.6. The van der Waals surface area contributed by atoms with Crippen molar-refractivity contribution >= 4 is 11.8 Å². The Morgan fingerprint density at radius 1 is 1.05 bits per heavy atom. The third-order valence-corrected chi connectivity index (χ3v) is 4.10. The molecule has 0 saturated carbocycles. The highest BCUT2D eigenvalue weighted by Gasteiger charge is 2.11. The summed E-state index contributed by atoms with van der Waals surface area (Å²) in [5, 5.41) is 0. The molecule has 2 aromatic rings. The fourth-order valence-corrected chi connectivity index (χ4v) is 2.76. The first-order valence-electron chi connectivity index (χ1n) is 6.27. The normalized spacial score (nSPS) is 12.3. The van der Waals surface area contributed by atoms with Crippen molar-refractivity contribution < 1.29 is 8.78 Å². The Kier molecular flexibility index (Phi) is 5.52. The highest BCUT2D eigenvalue weighted by molar-refractivity contribution is 7.99. The minimum atomic E-state index is -0.255. The molecular weight excluding hydrogens is 278 g/mol. The molecule has 2 aromatic carbocycles. The molecular formula is C15H16F2N2S. The van der Waals surface area contributed by atoms with Crippen molar-refractivity contribution in [3.05, 3.63) is 65.7 Å². The molecule has 0 aliphatic heterocycles. The Balaban J connectivity index is 1.92. The van der Waals surface area contributed by atoms with Crippen LogP contribution in [0.4, 0.5) is 8.78 Å². The summed E-state index contributed by atoms with van der Waals surface area (Å²) < 4.78 is 26.4. The summed E-state index contributed by atoms with van der Waals surface area (Å²) >= 11 is 1.56. The zero-order valence-corrected chi connectivity index (χ0v) is 11.7. The molecule has 2 nitrogen and oxygen atoms in total. The molecule has 0 aliphatic carbocycles. The van der Waals surface area contributed by atoms with Gasteiger partial charge in [-0.05, 0) is 42.3 Å². The van der Waals surface area contributed by atoms with Gasteiger partial charge in [0.1, 0.15) is 11.6 Å². The van der Waals surface area contributed by atoms with Crippen LogP contribution < -0.4 is 11.3 Å². The van der Waals surface area contributed by atoms with E-state index in [1.54, 1.807) is 42.1 Å². The first-order valence-corrected chi connectivity index (χ1v) is 7.25. The largest absolute Gasteiger partial charge is 0.271 e. The maximum atomic E-state index is 13.6. The van der Waals surface area contributed by atoms with E-state index >= 15 is 0 Å². The van der Waals surface area contributed by atoms with E-state index < -0.39 is 0 Å². The van der Waals surface area contributed by atoms with E-state index in [-0.39, 0.29) is 17.7 Å². The van der Waals surface area contributed by atoms with Gasteiger partial charge in [-0.25, -0.2) is 8.78 Å². The minimum absolute atomic E-state index is 0.0537. The van der Waals surface area contributed by atoms with Gasteiger partial charge in [0.15, 0.2) is 0 Å². The van der Waals surface area contributed by atoms with Crippen molar-refractivity contribution in [1.82, 2.24) is 5.43 Å². The summed E-state index contributed by atoms with van der Waals surface area (Å²) in [6.07, 6.45) is 0.511. The molecule has 0 bridgehead atoms. The molecule has 0 aromatic heterocycles. The molecule has 0 radical (unpaired) electrons. The second-order valence-corrected chi connectivity index (χ2v) is 5.52. The Bertz CT molecular complexity index is 546. The molecule has 0 fully saturated rings. The van der Waals surface area contributed by atoms with E-state index in [9.17, 15) is 8.78 Å². The van der Waals surface area contributed by atoms with Gasteiger partial charge in [-0.15, -0.1) is 11.8 Å². The van der Waals surface area contributed by atoms with Crippen molar-refractivity contribution in [2.24, 2.45) is 5.84 Å². The number of hydrogen-bond acceptors (Lipinski definition) is 3. The van der Waals surface area contributed by atoms with Crippen LogP contribution in [-0.2, 0) is 6.42 Å². The number of halogens is 2. The van der Waals surface area contributed by atoms with E-state index in [1.165, 1.54) is 18.2 Å². The van der Waals surface area contributed by atoms with Crippen LogP contribution in [0.2, 0.25) is 0 Å². The fraction of sp³-hybridized carbons (Fsp3) is 0.200. The lowest BCUT2D eigenvalue weighted by atomic mass is 10.1. The van der Waals surface area contributed by atoms with Gasteiger partial charge in [0.05, 0.1) is 0 Å². The summed E-state index contributed by atoms with van der Waals surface area (Å²) in [4.78, 5) is 0.959. The van der Waals surface area contributed by atoms with Crippen LogP contribution in [0.3, 0.4) is 0 Å². The van der Waals surface area contributed by atoms with Crippen molar-refractivity contribution in [1.29, 1.82) is 0 Å². The molecule has 0 aliphatic rings. The number of nitrogens with two attached hydrogens (primary N) is 1. The van der Waals surface area contributed by atoms with Crippen LogP contribution in [0.1, 0.15) is 5.56 Å². The van der Waals surface area contributed by atoms with Crippen LogP contribution in [0.25, 0.3) is 0 Å². The summed E-state index contributed by atoms with van der Waals surface area (Å²) in [5.74, 6) is 5.71. The summed E-state index contributed by atoms with van der Waals surface area (Å²) in [6.45, 7) is 0. The van der Waals surface area contributed by atoms with Gasteiger partial charge < -0.3 is 0 Å². The lowest BCUT2D eigenvalue weighted by Crippen LogP contribution is -2.38. The van der Waals surface area contributed by atoms with Gasteiger partial charge in [-0.1, -0.05) is 18.2 Å². The van der Waals surface area contributed by atoms with E-state index in [4.69, 9.17) is 5.84 Å². The summed E-state index contributed by atoms with van der Waals surface area (Å²) in [7, 11) is 0. The van der Waals surface area contributed by atoms with Gasteiger partial charge in [-0.3, -0.25) is 11.3 Å². The highest BCUT2D eigenvalue weighted by atomic mass is 32.2. The number of rotatable bonds is 6. The third-order valence-electron chi connectivity index (χ3n) is 2.92. The number of hydrazine groups is 1. The minimum Gasteiger partial charge on any atom is -0.271 e.